The first-order valence-electron chi connectivity index (χ1n) is 8.67. The maximum absolute atomic E-state index is 14.3. The third-order valence-corrected chi connectivity index (χ3v) is 4.06. The molecular formula is C20H17F5O4. The molecule has 9 heteroatoms. The fourth-order valence-corrected chi connectivity index (χ4v) is 2.75. The van der Waals surface area contributed by atoms with Crippen LogP contribution in [0.4, 0.5) is 22.0 Å². The highest BCUT2D eigenvalue weighted by atomic mass is 19.2. The van der Waals surface area contributed by atoms with Gasteiger partial charge in [0.15, 0.2) is 29.2 Å². The van der Waals surface area contributed by atoms with E-state index in [1.807, 2.05) is 0 Å². The predicted molar refractivity (Wildman–Crippen MR) is 92.1 cm³/mol. The number of hydrogen-bond donors (Lipinski definition) is 0. The molecule has 0 saturated carbocycles. The Morgan fingerprint density at radius 2 is 1.24 bits per heavy atom. The third-order valence-electron chi connectivity index (χ3n) is 4.06. The molecule has 0 aliphatic heterocycles. The van der Waals surface area contributed by atoms with Crippen LogP contribution in [0.1, 0.15) is 19.4 Å². The smallest absolute Gasteiger partial charge is 0.320 e. The Hall–Kier alpha value is -2.97. The highest BCUT2D eigenvalue weighted by Gasteiger charge is 2.32. The van der Waals surface area contributed by atoms with Gasteiger partial charge in [-0.2, -0.15) is 0 Å². The average molecular weight is 416 g/mol. The fraction of sp³-hybridized carbons (Fsp3) is 0.300. The quantitative estimate of drug-likeness (QED) is 0.222. The van der Waals surface area contributed by atoms with Crippen molar-refractivity contribution in [1.82, 2.24) is 0 Å². The topological polar surface area (TPSA) is 52.6 Å². The summed E-state index contributed by atoms with van der Waals surface area (Å²) in [6, 6.07) is 5.18. The summed E-state index contributed by atoms with van der Waals surface area (Å²) in [6.07, 6.45) is -0.423. The summed E-state index contributed by atoms with van der Waals surface area (Å²) in [6.45, 7) is 2.97. The van der Waals surface area contributed by atoms with Gasteiger partial charge in [-0.25, -0.2) is 22.0 Å². The van der Waals surface area contributed by atoms with E-state index in [9.17, 15) is 31.5 Å². The maximum Gasteiger partial charge on any atom is 0.320 e. The number of rotatable bonds is 7. The summed E-state index contributed by atoms with van der Waals surface area (Å²) < 4.78 is 78.8. The first-order chi connectivity index (χ1) is 13.7. The zero-order valence-corrected chi connectivity index (χ0v) is 15.5. The van der Waals surface area contributed by atoms with E-state index in [1.165, 1.54) is 32.0 Å². The van der Waals surface area contributed by atoms with Gasteiger partial charge in [0.05, 0.1) is 18.8 Å². The van der Waals surface area contributed by atoms with Crippen molar-refractivity contribution < 1.29 is 41.0 Å². The number of halogens is 5. The maximum atomic E-state index is 14.3. The van der Waals surface area contributed by atoms with Crippen LogP contribution in [0.15, 0.2) is 24.3 Å². The number of carbonyl (C=O) groups excluding carboxylic acids is 2. The van der Waals surface area contributed by atoms with E-state index < -0.39 is 58.9 Å². The van der Waals surface area contributed by atoms with Crippen LogP contribution in [-0.4, -0.2) is 25.2 Å². The van der Waals surface area contributed by atoms with Gasteiger partial charge in [0.2, 0.25) is 5.82 Å². The minimum atomic E-state index is -2.28. The Labute approximate surface area is 163 Å². The van der Waals surface area contributed by atoms with Gasteiger partial charge in [-0.1, -0.05) is 24.3 Å². The van der Waals surface area contributed by atoms with Crippen molar-refractivity contribution in [3.63, 3.8) is 0 Å². The van der Waals surface area contributed by atoms with E-state index in [0.717, 1.165) is 6.07 Å². The lowest BCUT2D eigenvalue weighted by atomic mass is 9.91. The third kappa shape index (κ3) is 4.55. The fourth-order valence-electron chi connectivity index (χ4n) is 2.75. The molecule has 2 aromatic rings. The van der Waals surface area contributed by atoms with Crippen LogP contribution in [0.2, 0.25) is 0 Å². The van der Waals surface area contributed by atoms with E-state index in [4.69, 9.17) is 9.47 Å². The molecule has 0 aromatic heterocycles. The van der Waals surface area contributed by atoms with Gasteiger partial charge in [0.25, 0.3) is 0 Å². The van der Waals surface area contributed by atoms with Crippen molar-refractivity contribution in [2.24, 2.45) is 5.92 Å². The van der Waals surface area contributed by atoms with Gasteiger partial charge in [-0.05, 0) is 31.4 Å². The molecule has 0 unspecified atom stereocenters. The summed E-state index contributed by atoms with van der Waals surface area (Å²) >= 11 is 0. The van der Waals surface area contributed by atoms with Crippen molar-refractivity contribution in [3.8, 4) is 11.1 Å². The molecule has 0 N–H and O–H groups in total. The molecule has 0 radical (unpaired) electrons. The Morgan fingerprint density at radius 1 is 0.793 bits per heavy atom. The Kier molecular flexibility index (Phi) is 7.30. The van der Waals surface area contributed by atoms with Crippen molar-refractivity contribution in [1.29, 1.82) is 0 Å². The molecule has 156 valence electrons. The molecule has 2 aromatic carbocycles. The highest BCUT2D eigenvalue weighted by molar-refractivity contribution is 5.95. The number of esters is 2. The van der Waals surface area contributed by atoms with Crippen molar-refractivity contribution in [2.45, 2.75) is 20.3 Å². The Morgan fingerprint density at radius 3 is 1.72 bits per heavy atom. The first-order valence-corrected chi connectivity index (χ1v) is 8.67. The Balaban J connectivity index is 2.59. The number of carbonyl (C=O) groups is 2. The van der Waals surface area contributed by atoms with Gasteiger partial charge in [0.1, 0.15) is 0 Å². The zero-order valence-electron chi connectivity index (χ0n) is 15.5. The molecule has 0 fully saturated rings. The normalized spacial score (nSPS) is 10.9. The van der Waals surface area contributed by atoms with Gasteiger partial charge in [-0.3, -0.25) is 9.59 Å². The molecule has 0 aliphatic carbocycles. The molecule has 0 atom stereocenters. The van der Waals surface area contributed by atoms with E-state index >= 15 is 0 Å². The van der Waals surface area contributed by atoms with Crippen LogP contribution in [0, 0.1) is 35.0 Å². The van der Waals surface area contributed by atoms with Gasteiger partial charge < -0.3 is 9.47 Å². The van der Waals surface area contributed by atoms with Crippen LogP contribution >= 0.6 is 0 Å². The molecule has 29 heavy (non-hydrogen) atoms. The highest BCUT2D eigenvalue weighted by Crippen LogP contribution is 2.34. The molecule has 0 amide bonds. The van der Waals surface area contributed by atoms with Crippen LogP contribution in [0.3, 0.4) is 0 Å². The number of ether oxygens (including phenoxy) is 2. The molecule has 0 heterocycles. The summed E-state index contributed by atoms with van der Waals surface area (Å²) in [7, 11) is 0. The predicted octanol–water partition coefficient (Wildman–Crippen LogP) is 4.33. The van der Waals surface area contributed by atoms with Crippen LogP contribution < -0.4 is 0 Å². The molecular weight excluding hydrogens is 399 g/mol. The van der Waals surface area contributed by atoms with E-state index in [0.29, 0.717) is 0 Å². The average Bonchev–Trinajstić information content (AvgIpc) is 2.70. The lowest BCUT2D eigenvalue weighted by Gasteiger charge is -2.17. The minimum absolute atomic E-state index is 0.00168. The lowest BCUT2D eigenvalue weighted by molar-refractivity contribution is -0.161. The lowest BCUT2D eigenvalue weighted by Crippen LogP contribution is -2.30. The van der Waals surface area contributed by atoms with Crippen molar-refractivity contribution in [2.75, 3.05) is 13.2 Å². The van der Waals surface area contributed by atoms with Crippen LogP contribution in [0.25, 0.3) is 11.1 Å². The standard InChI is InChI=1S/C20H17F5O4/c1-3-28-19(26)12(20(27)29-4-2)9-10-7-5-6-8-11(10)13-14(21)16(23)18(25)17(24)15(13)22/h5-8,12H,3-4,9H2,1-2H3. The number of benzene rings is 2. The summed E-state index contributed by atoms with van der Waals surface area (Å²) in [5.41, 5.74) is -1.50. The number of hydrogen-bond acceptors (Lipinski definition) is 4. The molecule has 0 bridgehead atoms. The minimum Gasteiger partial charge on any atom is -0.465 e. The van der Waals surface area contributed by atoms with E-state index in [2.05, 4.69) is 0 Å². The summed E-state index contributed by atoms with van der Waals surface area (Å²) in [4.78, 5) is 24.3. The molecule has 4 nitrogen and oxygen atoms in total. The molecule has 0 saturated heterocycles. The van der Waals surface area contributed by atoms with Gasteiger partial charge >= 0.3 is 11.9 Å². The Bertz CT molecular complexity index is 882. The molecule has 0 spiro atoms. The molecule has 0 aliphatic rings. The largest absolute Gasteiger partial charge is 0.465 e. The van der Waals surface area contributed by atoms with Gasteiger partial charge in [0, 0.05) is 0 Å². The van der Waals surface area contributed by atoms with Gasteiger partial charge in [-0.15, -0.1) is 0 Å². The van der Waals surface area contributed by atoms with Crippen molar-refractivity contribution >= 4 is 11.9 Å². The summed E-state index contributed by atoms with van der Waals surface area (Å²) in [5, 5.41) is 0. The monoisotopic (exact) mass is 416 g/mol. The first kappa shape index (κ1) is 22.3. The van der Waals surface area contributed by atoms with Crippen LogP contribution in [-0.2, 0) is 25.5 Å². The SMILES string of the molecule is CCOC(=O)C(Cc1ccccc1-c1c(F)c(F)c(F)c(F)c1F)C(=O)OCC. The zero-order chi connectivity index (χ0) is 21.7. The summed E-state index contributed by atoms with van der Waals surface area (Å²) in [5.74, 6) is -13.8. The second-order valence-corrected chi connectivity index (χ2v) is 5.86. The van der Waals surface area contributed by atoms with E-state index in [1.54, 1.807) is 0 Å². The van der Waals surface area contributed by atoms with Crippen molar-refractivity contribution in [3.05, 3.63) is 58.9 Å². The second kappa shape index (κ2) is 9.49. The molecule has 2 rings (SSSR count). The van der Waals surface area contributed by atoms with E-state index in [-0.39, 0.29) is 24.3 Å². The van der Waals surface area contributed by atoms with Crippen LogP contribution in [0.5, 0.6) is 0 Å². The second-order valence-electron chi connectivity index (χ2n) is 5.86.